The number of ether oxygens (including phenoxy) is 1. The zero-order valence-corrected chi connectivity index (χ0v) is 13.4. The van der Waals surface area contributed by atoms with Gasteiger partial charge in [0.1, 0.15) is 11.6 Å². The van der Waals surface area contributed by atoms with E-state index in [-0.39, 0.29) is 10.6 Å². The number of methoxy groups -OCH3 is 1. The largest absolute Gasteiger partial charge is 0.497 e. The van der Waals surface area contributed by atoms with Gasteiger partial charge < -0.3 is 4.74 Å². The summed E-state index contributed by atoms with van der Waals surface area (Å²) in [5, 5.41) is 0. The van der Waals surface area contributed by atoms with Crippen molar-refractivity contribution >= 4 is 38.5 Å². The molecule has 0 aliphatic heterocycles. The topological polar surface area (TPSA) is 9.23 Å². The van der Waals surface area contributed by atoms with Crippen molar-refractivity contribution < 1.29 is 9.13 Å². The van der Waals surface area contributed by atoms with Gasteiger partial charge in [-0.15, -0.1) is 0 Å². The average Bonchev–Trinajstić information content (AvgIpc) is 2.38. The van der Waals surface area contributed by atoms with Gasteiger partial charge in [0.2, 0.25) is 0 Å². The molecule has 94 valence electrons. The second-order valence-corrected chi connectivity index (χ2v) is 5.96. The summed E-state index contributed by atoms with van der Waals surface area (Å²) in [7, 11) is 1.53. The molecule has 18 heavy (non-hydrogen) atoms. The smallest absolute Gasteiger partial charge is 0.131 e. The maximum atomic E-state index is 13.9. The number of halogens is 3. The van der Waals surface area contributed by atoms with Crippen LogP contribution in [0, 0.1) is 9.39 Å². The minimum absolute atomic E-state index is 0.152. The van der Waals surface area contributed by atoms with Crippen LogP contribution in [0.4, 0.5) is 4.39 Å². The maximum absolute atomic E-state index is 13.9. The molecule has 1 nitrogen and oxygen atoms in total. The molecule has 2 aromatic carbocycles. The van der Waals surface area contributed by atoms with Gasteiger partial charge in [0.05, 0.1) is 11.9 Å². The lowest BCUT2D eigenvalue weighted by molar-refractivity contribution is 0.411. The number of hydrogen-bond donors (Lipinski definition) is 0. The fourth-order valence-electron chi connectivity index (χ4n) is 1.65. The quantitative estimate of drug-likeness (QED) is 0.505. The molecule has 1 atom stereocenters. The highest BCUT2D eigenvalue weighted by molar-refractivity contribution is 14.1. The van der Waals surface area contributed by atoms with Crippen molar-refractivity contribution in [3.05, 3.63) is 63.0 Å². The van der Waals surface area contributed by atoms with Crippen LogP contribution in [0.2, 0.25) is 0 Å². The summed E-state index contributed by atoms with van der Waals surface area (Å²) in [6.45, 7) is 0. The maximum Gasteiger partial charge on any atom is 0.131 e. The Morgan fingerprint density at radius 1 is 1.17 bits per heavy atom. The van der Waals surface area contributed by atoms with Crippen molar-refractivity contribution in [2.75, 3.05) is 7.11 Å². The highest BCUT2D eigenvalue weighted by Crippen LogP contribution is 2.33. The molecule has 0 aliphatic rings. The molecule has 0 saturated heterocycles. The summed E-state index contributed by atoms with van der Waals surface area (Å²) in [6.07, 6.45) is 0. The predicted molar refractivity (Wildman–Crippen MR) is 82.9 cm³/mol. The first kappa shape index (κ1) is 13.8. The summed E-state index contributed by atoms with van der Waals surface area (Å²) >= 11 is 5.78. The van der Waals surface area contributed by atoms with E-state index in [9.17, 15) is 4.39 Å². The van der Waals surface area contributed by atoms with Gasteiger partial charge >= 0.3 is 0 Å². The number of hydrogen-bond acceptors (Lipinski definition) is 1. The van der Waals surface area contributed by atoms with Crippen molar-refractivity contribution in [3.8, 4) is 5.75 Å². The first-order valence-corrected chi connectivity index (χ1v) is 7.34. The Hall–Kier alpha value is -0.620. The summed E-state index contributed by atoms with van der Waals surface area (Å²) in [5.74, 6) is 0.258. The van der Waals surface area contributed by atoms with Crippen LogP contribution in [0.15, 0.2) is 42.5 Å². The van der Waals surface area contributed by atoms with Gasteiger partial charge in [-0.25, -0.2) is 4.39 Å². The molecule has 0 bridgehead atoms. The molecule has 4 heteroatoms. The highest BCUT2D eigenvalue weighted by Gasteiger charge is 2.15. The van der Waals surface area contributed by atoms with Gasteiger partial charge in [-0.2, -0.15) is 0 Å². The summed E-state index contributed by atoms with van der Waals surface area (Å²) in [4.78, 5) is -0.152. The molecule has 0 aromatic heterocycles. The van der Waals surface area contributed by atoms with E-state index in [0.29, 0.717) is 11.3 Å². The lowest BCUT2D eigenvalue weighted by Gasteiger charge is -2.12. The van der Waals surface area contributed by atoms with Crippen LogP contribution in [0.3, 0.4) is 0 Å². The fourth-order valence-corrected chi connectivity index (χ4v) is 2.69. The second-order valence-electron chi connectivity index (χ2n) is 3.80. The SMILES string of the molecule is COc1ccc(C(Br)c2ccc(I)cc2)c(F)c1. The Morgan fingerprint density at radius 2 is 1.83 bits per heavy atom. The number of benzene rings is 2. The molecule has 0 heterocycles. The van der Waals surface area contributed by atoms with E-state index in [1.54, 1.807) is 12.1 Å². The third kappa shape index (κ3) is 3.03. The van der Waals surface area contributed by atoms with Crippen molar-refractivity contribution in [2.24, 2.45) is 0 Å². The summed E-state index contributed by atoms with van der Waals surface area (Å²) in [5.41, 5.74) is 1.64. The van der Waals surface area contributed by atoms with Crippen LogP contribution in [0.25, 0.3) is 0 Å². The predicted octanol–water partition coefficient (Wildman–Crippen LogP) is 4.92. The van der Waals surface area contributed by atoms with Crippen LogP contribution >= 0.6 is 38.5 Å². The van der Waals surface area contributed by atoms with Gasteiger partial charge in [0.15, 0.2) is 0 Å². The molecule has 0 spiro atoms. The fraction of sp³-hybridized carbons (Fsp3) is 0.143. The molecular formula is C14H11BrFIO. The molecule has 0 saturated carbocycles. The Morgan fingerprint density at radius 3 is 2.39 bits per heavy atom. The Bertz CT molecular complexity index is 542. The monoisotopic (exact) mass is 420 g/mol. The van der Waals surface area contributed by atoms with Crippen LogP contribution in [-0.4, -0.2) is 7.11 Å². The van der Waals surface area contributed by atoms with Crippen molar-refractivity contribution in [3.63, 3.8) is 0 Å². The van der Waals surface area contributed by atoms with Crippen molar-refractivity contribution in [1.29, 1.82) is 0 Å². The number of rotatable bonds is 3. The van der Waals surface area contributed by atoms with Crippen LogP contribution in [0.5, 0.6) is 5.75 Å². The van der Waals surface area contributed by atoms with Crippen LogP contribution < -0.4 is 4.74 Å². The molecule has 0 amide bonds. The van der Waals surface area contributed by atoms with Gasteiger partial charge in [-0.3, -0.25) is 0 Å². The van der Waals surface area contributed by atoms with Gasteiger partial charge in [-0.05, 0) is 46.4 Å². The molecule has 0 radical (unpaired) electrons. The van der Waals surface area contributed by atoms with Gasteiger partial charge in [0, 0.05) is 15.2 Å². The second kappa shape index (κ2) is 6.02. The number of alkyl halides is 1. The summed E-state index contributed by atoms with van der Waals surface area (Å²) < 4.78 is 20.1. The molecule has 0 N–H and O–H groups in total. The molecular weight excluding hydrogens is 410 g/mol. The summed E-state index contributed by atoms with van der Waals surface area (Å²) in [6, 6.07) is 12.9. The van der Waals surface area contributed by atoms with E-state index in [2.05, 4.69) is 38.5 Å². The lowest BCUT2D eigenvalue weighted by Crippen LogP contribution is -1.97. The molecule has 2 aromatic rings. The van der Waals surface area contributed by atoms with E-state index in [0.717, 1.165) is 9.13 Å². The Balaban J connectivity index is 2.33. The molecule has 0 aliphatic carbocycles. The first-order chi connectivity index (χ1) is 8.61. The minimum atomic E-state index is -0.269. The Labute approximate surface area is 128 Å². The van der Waals surface area contributed by atoms with Crippen LogP contribution in [-0.2, 0) is 0 Å². The van der Waals surface area contributed by atoms with E-state index >= 15 is 0 Å². The minimum Gasteiger partial charge on any atom is -0.497 e. The van der Waals surface area contributed by atoms with Crippen molar-refractivity contribution in [2.45, 2.75) is 4.83 Å². The first-order valence-electron chi connectivity index (χ1n) is 5.35. The van der Waals surface area contributed by atoms with E-state index < -0.39 is 0 Å². The zero-order chi connectivity index (χ0) is 13.1. The standard InChI is InChI=1S/C14H11BrFIO/c1-18-11-6-7-12(13(16)8-11)14(15)9-2-4-10(17)5-3-9/h2-8,14H,1H3. The molecule has 2 rings (SSSR count). The normalized spacial score (nSPS) is 12.2. The molecule has 0 fully saturated rings. The third-order valence-electron chi connectivity index (χ3n) is 2.64. The van der Waals surface area contributed by atoms with Gasteiger partial charge in [0.25, 0.3) is 0 Å². The van der Waals surface area contributed by atoms with Crippen molar-refractivity contribution in [1.82, 2.24) is 0 Å². The lowest BCUT2D eigenvalue weighted by atomic mass is 10.0. The highest BCUT2D eigenvalue weighted by atomic mass is 127. The van der Waals surface area contributed by atoms with Gasteiger partial charge in [-0.1, -0.05) is 34.1 Å². The average molecular weight is 421 g/mol. The van der Waals surface area contributed by atoms with Crippen LogP contribution in [0.1, 0.15) is 16.0 Å². The third-order valence-corrected chi connectivity index (χ3v) is 4.38. The van der Waals surface area contributed by atoms with E-state index in [4.69, 9.17) is 4.74 Å². The molecule has 1 unspecified atom stereocenters. The van der Waals surface area contributed by atoms with E-state index in [1.165, 1.54) is 13.2 Å². The zero-order valence-electron chi connectivity index (χ0n) is 9.66. The Kier molecular flexibility index (Phi) is 4.61. The van der Waals surface area contributed by atoms with E-state index in [1.807, 2.05) is 24.3 Å².